The van der Waals surface area contributed by atoms with E-state index < -0.39 is 29.9 Å². The minimum absolute atomic E-state index is 0.0483. The van der Waals surface area contributed by atoms with Crippen molar-refractivity contribution in [3.63, 3.8) is 0 Å². The minimum atomic E-state index is -0.697. The lowest BCUT2D eigenvalue weighted by Gasteiger charge is -2.08. The second kappa shape index (κ2) is 12.4. The third-order valence-corrected chi connectivity index (χ3v) is 8.56. The van der Waals surface area contributed by atoms with Crippen molar-refractivity contribution in [2.75, 3.05) is 23.8 Å². The summed E-state index contributed by atoms with van der Waals surface area (Å²) in [6.45, 7) is 8.23. The number of fused-ring (bicyclic) bond motifs is 1. The van der Waals surface area contributed by atoms with Gasteiger partial charge in [0, 0.05) is 5.69 Å². The van der Waals surface area contributed by atoms with Crippen molar-refractivity contribution in [1.82, 2.24) is 9.55 Å². The molecule has 0 aliphatic heterocycles. The summed E-state index contributed by atoms with van der Waals surface area (Å²) >= 11 is 1.98. The van der Waals surface area contributed by atoms with Crippen LogP contribution in [0.4, 0.5) is 10.7 Å². The number of hydrogen-bond donors (Lipinski definition) is 2. The number of thiophene rings is 2. The van der Waals surface area contributed by atoms with E-state index in [-0.39, 0.29) is 39.9 Å². The summed E-state index contributed by atoms with van der Waals surface area (Å²) in [6, 6.07) is 7.35. The van der Waals surface area contributed by atoms with Crippen LogP contribution in [0.15, 0.2) is 35.4 Å². The lowest BCUT2D eigenvalue weighted by atomic mass is 10.1. The Morgan fingerprint density at radius 1 is 0.902 bits per heavy atom. The quantitative estimate of drug-likeness (QED) is 0.265. The molecule has 0 aliphatic carbocycles. The minimum Gasteiger partial charge on any atom is -0.462 e. The maximum Gasteiger partial charge on any atom is 0.348 e. The number of benzene rings is 1. The van der Waals surface area contributed by atoms with Gasteiger partial charge >= 0.3 is 11.9 Å². The number of esters is 2. The second-order valence-electron chi connectivity index (χ2n) is 8.93. The van der Waals surface area contributed by atoms with Crippen molar-refractivity contribution < 1.29 is 28.7 Å². The Hall–Kier alpha value is -4.36. The molecule has 1 aromatic carbocycles. The third kappa shape index (κ3) is 6.05. The summed E-state index contributed by atoms with van der Waals surface area (Å²) in [5, 5.41) is 5.84. The first kappa shape index (κ1) is 29.6. The van der Waals surface area contributed by atoms with Crippen LogP contribution in [-0.4, -0.2) is 46.5 Å². The Bertz CT molecular complexity index is 1740. The number of carbonyl (C=O) groups excluding carboxylic acids is 4. The summed E-state index contributed by atoms with van der Waals surface area (Å²) in [7, 11) is 0. The van der Waals surface area contributed by atoms with E-state index >= 15 is 0 Å². The number of anilines is 2. The Balaban J connectivity index is 1.60. The van der Waals surface area contributed by atoms with E-state index in [2.05, 4.69) is 15.6 Å². The number of hydrogen-bond acceptors (Lipinski definition) is 10. The zero-order valence-corrected chi connectivity index (χ0v) is 24.7. The molecule has 3 aromatic heterocycles. The number of carbonyl (C=O) groups is 4. The molecule has 2 amide bonds. The van der Waals surface area contributed by atoms with Crippen molar-refractivity contribution in [3.05, 3.63) is 73.0 Å². The molecule has 0 aliphatic rings. The summed E-state index contributed by atoms with van der Waals surface area (Å²) in [5.74, 6) is -2.30. The number of aryl methyl sites for hydroxylation is 2. The van der Waals surface area contributed by atoms with Gasteiger partial charge < -0.3 is 20.1 Å². The number of rotatable bonds is 9. The number of ether oxygens (including phenoxy) is 2. The average Bonchev–Trinajstić information content (AvgIpc) is 3.44. The number of para-hydroxylation sites is 1. The maximum absolute atomic E-state index is 13.4. The zero-order chi connectivity index (χ0) is 29.8. The van der Waals surface area contributed by atoms with Crippen LogP contribution < -0.4 is 16.2 Å². The molecule has 4 rings (SSSR count). The Kier molecular flexibility index (Phi) is 8.98. The predicted molar refractivity (Wildman–Crippen MR) is 157 cm³/mol. The third-order valence-electron chi connectivity index (χ3n) is 6.17. The van der Waals surface area contributed by atoms with Gasteiger partial charge in [0.15, 0.2) is 0 Å². The average molecular weight is 597 g/mol. The molecule has 0 bridgehead atoms. The largest absolute Gasteiger partial charge is 0.462 e. The number of aromatic nitrogens is 2. The van der Waals surface area contributed by atoms with Crippen molar-refractivity contribution in [2.45, 2.75) is 41.2 Å². The molecular weight excluding hydrogens is 568 g/mol. The van der Waals surface area contributed by atoms with Gasteiger partial charge in [-0.2, -0.15) is 0 Å². The van der Waals surface area contributed by atoms with Gasteiger partial charge in [0.05, 0.1) is 35.4 Å². The molecular formula is C28H28N4O7S2. The van der Waals surface area contributed by atoms with E-state index in [4.69, 9.17) is 9.47 Å². The fourth-order valence-corrected chi connectivity index (χ4v) is 6.28. The van der Waals surface area contributed by atoms with Gasteiger partial charge in [-0.25, -0.2) is 14.6 Å². The van der Waals surface area contributed by atoms with Crippen LogP contribution >= 0.6 is 22.7 Å². The van der Waals surface area contributed by atoms with Crippen LogP contribution in [0.25, 0.3) is 10.2 Å². The van der Waals surface area contributed by atoms with Gasteiger partial charge in [0.1, 0.15) is 21.3 Å². The molecule has 0 saturated heterocycles. The Labute approximate surface area is 243 Å². The molecule has 13 heteroatoms. The second-order valence-corrected chi connectivity index (χ2v) is 11.0. The maximum atomic E-state index is 13.4. The van der Waals surface area contributed by atoms with E-state index in [1.54, 1.807) is 33.8 Å². The molecule has 11 nitrogen and oxygen atoms in total. The Morgan fingerprint density at radius 2 is 1.59 bits per heavy atom. The normalized spacial score (nSPS) is 10.9. The highest BCUT2D eigenvalue weighted by molar-refractivity contribution is 7.20. The highest BCUT2D eigenvalue weighted by Gasteiger charge is 2.28. The van der Waals surface area contributed by atoms with E-state index in [1.165, 1.54) is 6.33 Å². The van der Waals surface area contributed by atoms with Gasteiger partial charge in [0.2, 0.25) is 5.91 Å². The highest BCUT2D eigenvalue weighted by atomic mass is 32.1. The van der Waals surface area contributed by atoms with Crippen LogP contribution in [0.5, 0.6) is 0 Å². The molecule has 41 heavy (non-hydrogen) atoms. The van der Waals surface area contributed by atoms with Gasteiger partial charge in [-0.1, -0.05) is 18.2 Å². The van der Waals surface area contributed by atoms with Gasteiger partial charge in [-0.3, -0.25) is 19.0 Å². The fourth-order valence-electron chi connectivity index (χ4n) is 4.14. The number of nitrogens with zero attached hydrogens (tertiary/aromatic N) is 2. The standard InChI is InChI=1S/C28H28N4O7S2/c1-6-38-27(36)20-16(5)22(28(37)39-7-2)41-25(20)31-18(33)12-32-13-29-24-19(26(32)35)15(4)21(40-24)23(34)30-17-11-9-8-10-14(17)3/h8-11,13H,6-7,12H2,1-5H3,(H,30,34)(H,31,33). The van der Waals surface area contributed by atoms with Crippen LogP contribution in [0.1, 0.15) is 60.2 Å². The summed E-state index contributed by atoms with van der Waals surface area (Å²) in [6.07, 6.45) is 1.24. The highest BCUT2D eigenvalue weighted by Crippen LogP contribution is 2.34. The van der Waals surface area contributed by atoms with Crippen molar-refractivity contribution in [2.24, 2.45) is 0 Å². The molecule has 2 N–H and O–H groups in total. The monoisotopic (exact) mass is 596 g/mol. The van der Waals surface area contributed by atoms with Gasteiger partial charge in [-0.05, 0) is 57.4 Å². The van der Waals surface area contributed by atoms with Crippen molar-refractivity contribution in [1.29, 1.82) is 0 Å². The van der Waals surface area contributed by atoms with Crippen LogP contribution in [0.2, 0.25) is 0 Å². The van der Waals surface area contributed by atoms with E-state index in [9.17, 15) is 24.0 Å². The van der Waals surface area contributed by atoms with Gasteiger partial charge in [0.25, 0.3) is 11.5 Å². The smallest absolute Gasteiger partial charge is 0.348 e. The molecule has 214 valence electrons. The summed E-state index contributed by atoms with van der Waals surface area (Å²) in [5.41, 5.74) is 1.90. The SMILES string of the molecule is CCOC(=O)c1sc(NC(=O)Cn2cnc3sc(C(=O)Nc4ccccc4C)c(C)c3c2=O)c(C(=O)OCC)c1C. The molecule has 0 spiro atoms. The molecule has 0 saturated carbocycles. The Morgan fingerprint density at radius 3 is 2.27 bits per heavy atom. The molecule has 3 heterocycles. The first-order chi connectivity index (χ1) is 19.6. The molecule has 0 unspecified atom stereocenters. The van der Waals surface area contributed by atoms with Gasteiger partial charge in [-0.15, -0.1) is 22.7 Å². The van der Waals surface area contributed by atoms with Crippen LogP contribution in [0, 0.1) is 20.8 Å². The molecule has 4 aromatic rings. The fraction of sp³-hybridized carbons (Fsp3) is 0.286. The summed E-state index contributed by atoms with van der Waals surface area (Å²) < 4.78 is 11.3. The van der Waals surface area contributed by atoms with E-state index in [1.807, 2.05) is 25.1 Å². The van der Waals surface area contributed by atoms with E-state index in [0.717, 1.165) is 32.8 Å². The van der Waals surface area contributed by atoms with Crippen molar-refractivity contribution >= 4 is 67.3 Å². The lowest BCUT2D eigenvalue weighted by molar-refractivity contribution is -0.116. The molecule has 0 atom stereocenters. The zero-order valence-electron chi connectivity index (χ0n) is 23.1. The molecule has 0 radical (unpaired) electrons. The first-order valence-corrected chi connectivity index (χ1v) is 14.3. The lowest BCUT2D eigenvalue weighted by Crippen LogP contribution is -2.28. The first-order valence-electron chi connectivity index (χ1n) is 12.7. The van der Waals surface area contributed by atoms with E-state index in [0.29, 0.717) is 26.5 Å². The molecule has 0 fully saturated rings. The van der Waals surface area contributed by atoms with Crippen LogP contribution in [-0.2, 0) is 20.8 Å². The summed E-state index contributed by atoms with van der Waals surface area (Å²) in [4.78, 5) is 69.6. The topological polar surface area (TPSA) is 146 Å². The predicted octanol–water partition coefficient (Wildman–Crippen LogP) is 4.69. The van der Waals surface area contributed by atoms with Crippen LogP contribution in [0.3, 0.4) is 0 Å². The number of amides is 2. The number of nitrogens with one attached hydrogen (secondary N) is 2. The van der Waals surface area contributed by atoms with Crippen molar-refractivity contribution in [3.8, 4) is 0 Å².